The van der Waals surface area contributed by atoms with Crippen LogP contribution in [0.15, 0.2) is 34.1 Å². The van der Waals surface area contributed by atoms with Gasteiger partial charge in [-0.25, -0.2) is 4.39 Å². The number of aromatic nitrogens is 2. The van der Waals surface area contributed by atoms with E-state index in [0.717, 1.165) is 19.6 Å². The van der Waals surface area contributed by atoms with E-state index in [4.69, 9.17) is 12.2 Å². The third kappa shape index (κ3) is 5.11. The van der Waals surface area contributed by atoms with Gasteiger partial charge in [0.2, 0.25) is 0 Å². The number of rotatable bonds is 6. The number of aromatic amines is 1. The lowest BCUT2D eigenvalue weighted by atomic mass is 10.1. The van der Waals surface area contributed by atoms with E-state index in [-0.39, 0.29) is 22.7 Å². The molecule has 0 unspecified atom stereocenters. The zero-order valence-electron chi connectivity index (χ0n) is 15.0. The Morgan fingerprint density at radius 3 is 2.67 bits per heavy atom. The molecule has 1 fully saturated rings. The molecule has 0 radical (unpaired) electrons. The molecule has 0 aliphatic carbocycles. The molecule has 8 heteroatoms. The molecule has 0 amide bonds. The number of quaternary nitrogens is 1. The van der Waals surface area contributed by atoms with Gasteiger partial charge in [0.15, 0.2) is 4.77 Å². The summed E-state index contributed by atoms with van der Waals surface area (Å²) in [6.45, 7) is 3.95. The van der Waals surface area contributed by atoms with E-state index in [1.807, 2.05) is 0 Å². The van der Waals surface area contributed by atoms with Crippen LogP contribution in [0.3, 0.4) is 0 Å². The Morgan fingerprint density at radius 1 is 1.26 bits per heavy atom. The van der Waals surface area contributed by atoms with Crippen molar-refractivity contribution in [3.8, 4) is 5.88 Å². The van der Waals surface area contributed by atoms with Crippen LogP contribution in [0.2, 0.25) is 0 Å². The number of aliphatic imine (C=N–C) groups is 1. The lowest BCUT2D eigenvalue weighted by Crippen LogP contribution is -3.13. The normalized spacial score (nSPS) is 15.4. The number of likely N-dealkylation sites (tertiary alicyclic amines) is 1. The van der Waals surface area contributed by atoms with Crippen molar-refractivity contribution in [1.29, 1.82) is 0 Å². The molecular weight excluding hydrogens is 367 g/mol. The second-order valence-electron chi connectivity index (χ2n) is 6.79. The highest BCUT2D eigenvalue weighted by atomic mass is 32.1. The molecule has 0 spiro atoms. The van der Waals surface area contributed by atoms with Crippen molar-refractivity contribution in [1.82, 2.24) is 9.55 Å². The third-order valence-corrected chi connectivity index (χ3v) is 5.14. The van der Waals surface area contributed by atoms with Crippen molar-refractivity contribution < 1.29 is 14.4 Å². The maximum Gasteiger partial charge on any atom is 0.259 e. The molecule has 2 aromatic rings. The Bertz CT molecular complexity index is 915. The average Bonchev–Trinajstić information content (AvgIpc) is 2.66. The molecule has 2 N–H and O–H groups in total. The van der Waals surface area contributed by atoms with Gasteiger partial charge in [0.1, 0.15) is 5.82 Å². The first-order chi connectivity index (χ1) is 13.0. The van der Waals surface area contributed by atoms with Gasteiger partial charge in [-0.05, 0) is 55.1 Å². The van der Waals surface area contributed by atoms with E-state index < -0.39 is 11.4 Å². The van der Waals surface area contributed by atoms with Crippen LogP contribution in [0.4, 0.5) is 4.39 Å². The van der Waals surface area contributed by atoms with Crippen LogP contribution in [0.5, 0.6) is 5.88 Å². The molecule has 144 valence electrons. The summed E-state index contributed by atoms with van der Waals surface area (Å²) < 4.78 is 14.4. The molecule has 1 aliphatic rings. The van der Waals surface area contributed by atoms with E-state index in [2.05, 4.69) is 9.98 Å². The van der Waals surface area contributed by atoms with Gasteiger partial charge in [0.05, 0.1) is 31.7 Å². The van der Waals surface area contributed by atoms with Gasteiger partial charge in [0, 0.05) is 12.8 Å². The second-order valence-corrected chi connectivity index (χ2v) is 7.17. The lowest BCUT2D eigenvalue weighted by Gasteiger charge is -2.22. The predicted octanol–water partition coefficient (Wildman–Crippen LogP) is 0.655. The minimum atomic E-state index is -0.533. The highest BCUT2D eigenvalue weighted by Gasteiger charge is 2.12. The molecule has 2 heterocycles. The fourth-order valence-electron chi connectivity index (χ4n) is 3.28. The Balaban J connectivity index is 1.74. The molecule has 1 aliphatic heterocycles. The predicted molar refractivity (Wildman–Crippen MR) is 103 cm³/mol. The summed E-state index contributed by atoms with van der Waals surface area (Å²) in [4.78, 5) is 20.4. The molecule has 0 atom stereocenters. The third-order valence-electron chi connectivity index (χ3n) is 4.82. The van der Waals surface area contributed by atoms with Crippen molar-refractivity contribution in [3.63, 3.8) is 0 Å². The number of hydrogen-bond donors (Lipinski definition) is 2. The van der Waals surface area contributed by atoms with Gasteiger partial charge >= 0.3 is 0 Å². The summed E-state index contributed by atoms with van der Waals surface area (Å²) in [5, 5.41) is 12.7. The Labute approximate surface area is 162 Å². The van der Waals surface area contributed by atoms with Crippen molar-refractivity contribution in [2.75, 3.05) is 26.2 Å². The fraction of sp³-hybridized carbons (Fsp3) is 0.421. The standard InChI is InChI=1S/C19H23FN4O2S/c20-15-6-4-14(5-7-15)13-24-18(26)16(17(25)22-19(24)27)12-21-8-11-23-9-2-1-3-10-23/h4-7,12,26H,1-3,8-11,13H2,(H,22,25,27). The van der Waals surface area contributed by atoms with Crippen molar-refractivity contribution >= 4 is 18.4 Å². The SMILES string of the molecule is O=c1[nH]c(=S)n(Cc2ccc(F)cc2)c([O-])c1C=NCC[NH+]1CCCCC1. The number of halogens is 1. The average molecular weight is 390 g/mol. The topological polar surface area (TPSA) is 77.6 Å². The number of H-pyrrole nitrogens is 1. The minimum Gasteiger partial charge on any atom is -0.859 e. The summed E-state index contributed by atoms with van der Waals surface area (Å²) in [7, 11) is 0. The van der Waals surface area contributed by atoms with Crippen molar-refractivity contribution in [2.24, 2.45) is 4.99 Å². The maximum atomic E-state index is 13.1. The Kier molecular flexibility index (Phi) is 6.52. The maximum absolute atomic E-state index is 13.1. The number of nitrogens with zero attached hydrogens (tertiary/aromatic N) is 2. The first kappa shape index (κ1) is 19.4. The Hall–Kier alpha value is -2.32. The number of piperidine rings is 1. The van der Waals surface area contributed by atoms with Crippen LogP contribution in [-0.2, 0) is 6.54 Å². The molecule has 1 saturated heterocycles. The summed E-state index contributed by atoms with van der Waals surface area (Å²) in [6.07, 6.45) is 5.13. The van der Waals surface area contributed by atoms with Gasteiger partial charge in [-0.15, -0.1) is 0 Å². The zero-order chi connectivity index (χ0) is 19.2. The van der Waals surface area contributed by atoms with Crippen LogP contribution in [0.25, 0.3) is 0 Å². The number of benzene rings is 1. The van der Waals surface area contributed by atoms with Crippen LogP contribution in [0.1, 0.15) is 30.4 Å². The minimum absolute atomic E-state index is 0.0284. The highest BCUT2D eigenvalue weighted by molar-refractivity contribution is 7.71. The van der Waals surface area contributed by atoms with Crippen LogP contribution < -0.4 is 15.6 Å². The van der Waals surface area contributed by atoms with Crippen LogP contribution >= 0.6 is 12.2 Å². The van der Waals surface area contributed by atoms with E-state index in [9.17, 15) is 14.3 Å². The van der Waals surface area contributed by atoms with E-state index in [1.165, 1.54) is 47.1 Å². The molecular formula is C19H23FN4O2S. The van der Waals surface area contributed by atoms with Gasteiger partial charge < -0.3 is 14.6 Å². The van der Waals surface area contributed by atoms with Gasteiger partial charge in [-0.3, -0.25) is 14.8 Å². The van der Waals surface area contributed by atoms with Gasteiger partial charge in [-0.2, -0.15) is 0 Å². The zero-order valence-corrected chi connectivity index (χ0v) is 15.9. The lowest BCUT2D eigenvalue weighted by molar-refractivity contribution is -0.903. The van der Waals surface area contributed by atoms with Gasteiger partial charge in [0.25, 0.3) is 5.56 Å². The highest BCUT2D eigenvalue weighted by Crippen LogP contribution is 2.12. The first-order valence-electron chi connectivity index (χ1n) is 9.16. The van der Waals surface area contributed by atoms with E-state index in [1.54, 1.807) is 12.1 Å². The Morgan fingerprint density at radius 2 is 1.96 bits per heavy atom. The summed E-state index contributed by atoms with van der Waals surface area (Å²) in [5.41, 5.74) is 0.155. The molecule has 1 aromatic heterocycles. The smallest absolute Gasteiger partial charge is 0.259 e. The van der Waals surface area contributed by atoms with Gasteiger partial charge in [-0.1, -0.05) is 12.1 Å². The van der Waals surface area contributed by atoms with E-state index in [0.29, 0.717) is 12.1 Å². The molecule has 6 nitrogen and oxygen atoms in total. The molecule has 27 heavy (non-hydrogen) atoms. The molecule has 0 saturated carbocycles. The molecule has 3 rings (SSSR count). The first-order valence-corrected chi connectivity index (χ1v) is 9.57. The molecule has 1 aromatic carbocycles. The quantitative estimate of drug-likeness (QED) is 0.562. The summed E-state index contributed by atoms with van der Waals surface area (Å²) in [5.74, 6) is -0.836. The van der Waals surface area contributed by atoms with E-state index >= 15 is 0 Å². The van der Waals surface area contributed by atoms with Crippen LogP contribution in [0, 0.1) is 10.6 Å². The number of nitrogens with one attached hydrogen (secondary N) is 2. The monoisotopic (exact) mass is 390 g/mol. The number of hydrogen-bond acceptors (Lipinski definition) is 4. The van der Waals surface area contributed by atoms with Crippen LogP contribution in [-0.4, -0.2) is 41.9 Å². The summed E-state index contributed by atoms with van der Waals surface area (Å²) >= 11 is 5.12. The van der Waals surface area contributed by atoms with Crippen molar-refractivity contribution in [3.05, 3.63) is 56.3 Å². The fourth-order valence-corrected chi connectivity index (χ4v) is 3.52. The summed E-state index contributed by atoms with van der Waals surface area (Å²) in [6, 6.07) is 5.80. The largest absolute Gasteiger partial charge is 0.859 e. The second kappa shape index (κ2) is 9.05. The molecule has 0 bridgehead atoms. The van der Waals surface area contributed by atoms with Crippen molar-refractivity contribution in [2.45, 2.75) is 25.8 Å².